The number of ether oxygens (including phenoxy) is 1. The van der Waals surface area contributed by atoms with Crippen LogP contribution in [0.3, 0.4) is 0 Å². The lowest BCUT2D eigenvalue weighted by atomic mass is 10.3. The number of carboxylic acid groups (broad SMARTS) is 1. The van der Waals surface area contributed by atoms with Crippen molar-refractivity contribution in [2.75, 3.05) is 12.4 Å². The number of aliphatic carboxylic acids is 1. The van der Waals surface area contributed by atoms with Gasteiger partial charge in [-0.25, -0.2) is 9.37 Å². The third-order valence-corrected chi connectivity index (χ3v) is 3.73. The first-order chi connectivity index (χ1) is 9.97. The van der Waals surface area contributed by atoms with E-state index in [9.17, 15) is 9.18 Å². The molecule has 0 spiro atoms. The lowest BCUT2D eigenvalue weighted by Crippen LogP contribution is -2.11. The molecule has 5 nitrogen and oxygen atoms in total. The summed E-state index contributed by atoms with van der Waals surface area (Å²) in [7, 11) is 0. The summed E-state index contributed by atoms with van der Waals surface area (Å²) in [5, 5.41) is 9.35. The number of nitrogens with zero attached hydrogens (tertiary/aromatic N) is 2. The summed E-state index contributed by atoms with van der Waals surface area (Å²) in [6.45, 7) is 4.83. The maximum atomic E-state index is 13.4. The van der Waals surface area contributed by atoms with Gasteiger partial charge in [0.2, 0.25) is 0 Å². The number of benzene rings is 1. The van der Waals surface area contributed by atoms with Gasteiger partial charge in [0.05, 0.1) is 29.5 Å². The highest BCUT2D eigenvalue weighted by molar-refractivity contribution is 7.99. The quantitative estimate of drug-likeness (QED) is 0.796. The number of rotatable bonds is 7. The molecule has 2 aromatic rings. The van der Waals surface area contributed by atoms with Gasteiger partial charge in [-0.1, -0.05) is 11.8 Å². The molecular formula is C14H17FN2O3S. The molecule has 0 bridgehead atoms. The molecule has 0 aliphatic carbocycles. The van der Waals surface area contributed by atoms with Gasteiger partial charge in [0.15, 0.2) is 5.16 Å². The van der Waals surface area contributed by atoms with Crippen molar-refractivity contribution in [2.45, 2.75) is 31.7 Å². The van der Waals surface area contributed by atoms with E-state index in [1.807, 2.05) is 13.8 Å². The van der Waals surface area contributed by atoms with Gasteiger partial charge < -0.3 is 14.4 Å². The SMILES string of the molecule is CC(C)OCCn1c(SCC(=O)O)nc2ccc(F)cc21. The number of carboxylic acids is 1. The summed E-state index contributed by atoms with van der Waals surface area (Å²) in [6, 6.07) is 4.34. The standard InChI is InChI=1S/C14H17FN2O3S/c1-9(2)20-6-5-17-12-7-10(15)3-4-11(12)16-14(17)21-8-13(18)19/h3-4,7,9H,5-6,8H2,1-2H3,(H,18,19). The third-order valence-electron chi connectivity index (χ3n) is 2.77. The van der Waals surface area contributed by atoms with Crippen LogP contribution in [0.1, 0.15) is 13.8 Å². The lowest BCUT2D eigenvalue weighted by Gasteiger charge is -2.11. The first-order valence-electron chi connectivity index (χ1n) is 6.59. The summed E-state index contributed by atoms with van der Waals surface area (Å²) < 4.78 is 20.7. The molecule has 1 aromatic carbocycles. The Hall–Kier alpha value is -1.60. The fraction of sp³-hybridized carbons (Fsp3) is 0.429. The summed E-state index contributed by atoms with van der Waals surface area (Å²) in [4.78, 5) is 15.1. The summed E-state index contributed by atoms with van der Waals surface area (Å²) >= 11 is 1.12. The van der Waals surface area contributed by atoms with Gasteiger partial charge in [-0.15, -0.1) is 0 Å². The Bertz CT molecular complexity index is 642. The van der Waals surface area contributed by atoms with Gasteiger partial charge in [0.25, 0.3) is 0 Å². The molecule has 0 atom stereocenters. The Balaban J connectivity index is 2.28. The molecule has 0 unspecified atom stereocenters. The van der Waals surface area contributed by atoms with Gasteiger partial charge in [-0.2, -0.15) is 0 Å². The van der Waals surface area contributed by atoms with Crippen LogP contribution in [0.4, 0.5) is 4.39 Å². The second-order valence-corrected chi connectivity index (χ2v) is 5.72. The molecule has 21 heavy (non-hydrogen) atoms. The molecule has 114 valence electrons. The normalized spacial score (nSPS) is 11.4. The second-order valence-electron chi connectivity index (χ2n) is 4.78. The Kier molecular flexibility index (Phi) is 5.19. The average Bonchev–Trinajstić information content (AvgIpc) is 2.74. The van der Waals surface area contributed by atoms with Crippen molar-refractivity contribution < 1.29 is 19.0 Å². The fourth-order valence-electron chi connectivity index (χ4n) is 1.91. The van der Waals surface area contributed by atoms with E-state index in [0.717, 1.165) is 11.8 Å². The molecule has 1 heterocycles. The number of carbonyl (C=O) groups is 1. The largest absolute Gasteiger partial charge is 0.481 e. The van der Waals surface area contributed by atoms with Crippen LogP contribution in [-0.2, 0) is 16.1 Å². The number of thioether (sulfide) groups is 1. The molecule has 0 aliphatic rings. The van der Waals surface area contributed by atoms with E-state index in [2.05, 4.69) is 4.98 Å². The maximum absolute atomic E-state index is 13.4. The molecule has 0 saturated carbocycles. The number of imidazole rings is 1. The predicted octanol–water partition coefficient (Wildman–Crippen LogP) is 2.78. The Morgan fingerprint density at radius 1 is 1.52 bits per heavy atom. The topological polar surface area (TPSA) is 64.3 Å². The molecule has 7 heteroatoms. The molecule has 0 radical (unpaired) electrons. The van der Waals surface area contributed by atoms with Crippen LogP contribution in [0, 0.1) is 5.82 Å². The van der Waals surface area contributed by atoms with Gasteiger partial charge in [0, 0.05) is 6.54 Å². The minimum atomic E-state index is -0.914. The highest BCUT2D eigenvalue weighted by Gasteiger charge is 2.13. The second kappa shape index (κ2) is 6.91. The van der Waals surface area contributed by atoms with Crippen LogP contribution in [0.15, 0.2) is 23.4 Å². The zero-order valence-electron chi connectivity index (χ0n) is 11.9. The van der Waals surface area contributed by atoms with Crippen molar-refractivity contribution in [1.82, 2.24) is 9.55 Å². The molecule has 0 amide bonds. The van der Waals surface area contributed by atoms with Gasteiger partial charge >= 0.3 is 5.97 Å². The molecular weight excluding hydrogens is 295 g/mol. The van der Waals surface area contributed by atoms with E-state index in [0.29, 0.717) is 29.3 Å². The fourth-order valence-corrected chi connectivity index (χ4v) is 2.67. The van der Waals surface area contributed by atoms with E-state index in [1.165, 1.54) is 12.1 Å². The number of hydrogen-bond acceptors (Lipinski definition) is 4. The highest BCUT2D eigenvalue weighted by Crippen LogP contribution is 2.24. The van der Waals surface area contributed by atoms with Crippen molar-refractivity contribution in [3.05, 3.63) is 24.0 Å². The summed E-state index contributed by atoms with van der Waals surface area (Å²) in [6.07, 6.45) is 0.103. The van der Waals surface area contributed by atoms with Crippen molar-refractivity contribution in [1.29, 1.82) is 0 Å². The van der Waals surface area contributed by atoms with Gasteiger partial charge in [-0.05, 0) is 32.0 Å². The van der Waals surface area contributed by atoms with Crippen LogP contribution in [0.2, 0.25) is 0 Å². The van der Waals surface area contributed by atoms with Crippen LogP contribution in [0.25, 0.3) is 11.0 Å². The van der Waals surface area contributed by atoms with Gasteiger partial charge in [-0.3, -0.25) is 4.79 Å². The number of aromatic nitrogens is 2. The van der Waals surface area contributed by atoms with Crippen LogP contribution < -0.4 is 0 Å². The van der Waals surface area contributed by atoms with E-state index < -0.39 is 5.97 Å². The minimum absolute atomic E-state index is 0.0865. The van der Waals surface area contributed by atoms with E-state index in [1.54, 1.807) is 10.6 Å². The monoisotopic (exact) mass is 312 g/mol. The van der Waals surface area contributed by atoms with Gasteiger partial charge in [0.1, 0.15) is 5.82 Å². The Morgan fingerprint density at radius 2 is 2.29 bits per heavy atom. The Morgan fingerprint density at radius 3 is 2.95 bits per heavy atom. The van der Waals surface area contributed by atoms with Crippen LogP contribution in [-0.4, -0.2) is 39.1 Å². The first kappa shape index (κ1) is 15.8. The Labute approximate surface area is 126 Å². The molecule has 2 rings (SSSR count). The number of fused-ring (bicyclic) bond motifs is 1. The van der Waals surface area contributed by atoms with Crippen molar-refractivity contribution in [3.63, 3.8) is 0 Å². The predicted molar refractivity (Wildman–Crippen MR) is 79.1 cm³/mol. The minimum Gasteiger partial charge on any atom is -0.481 e. The molecule has 0 aliphatic heterocycles. The van der Waals surface area contributed by atoms with Crippen LogP contribution in [0.5, 0.6) is 0 Å². The van der Waals surface area contributed by atoms with E-state index >= 15 is 0 Å². The smallest absolute Gasteiger partial charge is 0.313 e. The maximum Gasteiger partial charge on any atom is 0.313 e. The summed E-state index contributed by atoms with van der Waals surface area (Å²) in [5.41, 5.74) is 1.30. The third kappa shape index (κ3) is 4.18. The van der Waals surface area contributed by atoms with Crippen molar-refractivity contribution in [2.24, 2.45) is 0 Å². The van der Waals surface area contributed by atoms with Crippen molar-refractivity contribution >= 4 is 28.8 Å². The first-order valence-corrected chi connectivity index (χ1v) is 7.58. The lowest BCUT2D eigenvalue weighted by molar-refractivity contribution is -0.133. The summed E-state index contributed by atoms with van der Waals surface area (Å²) in [5.74, 6) is -1.34. The number of hydrogen-bond donors (Lipinski definition) is 1. The highest BCUT2D eigenvalue weighted by atomic mass is 32.2. The van der Waals surface area contributed by atoms with Crippen LogP contribution >= 0.6 is 11.8 Å². The van der Waals surface area contributed by atoms with E-state index in [4.69, 9.17) is 9.84 Å². The van der Waals surface area contributed by atoms with Crippen molar-refractivity contribution in [3.8, 4) is 0 Å². The average molecular weight is 312 g/mol. The molecule has 1 N–H and O–H groups in total. The van der Waals surface area contributed by atoms with E-state index in [-0.39, 0.29) is 17.7 Å². The molecule has 0 saturated heterocycles. The molecule has 0 fully saturated rings. The molecule has 1 aromatic heterocycles. The number of halogens is 1. The zero-order chi connectivity index (χ0) is 15.4. The zero-order valence-corrected chi connectivity index (χ0v) is 12.7.